The zero-order valence-corrected chi connectivity index (χ0v) is 10.6. The van der Waals surface area contributed by atoms with E-state index in [-0.39, 0.29) is 17.3 Å². The van der Waals surface area contributed by atoms with E-state index in [1.165, 1.54) is 18.7 Å². The maximum Gasteiger partial charge on any atom is 0.257 e. The molecule has 1 fully saturated rings. The summed E-state index contributed by atoms with van der Waals surface area (Å²) in [6, 6.07) is 0.123. The van der Waals surface area contributed by atoms with Crippen LogP contribution in [0.25, 0.3) is 0 Å². The van der Waals surface area contributed by atoms with Crippen LogP contribution in [0.15, 0.2) is 18.7 Å². The molecule has 5 heteroatoms. The summed E-state index contributed by atoms with van der Waals surface area (Å²) in [7, 11) is 1.81. The predicted molar refractivity (Wildman–Crippen MR) is 66.0 cm³/mol. The summed E-state index contributed by atoms with van der Waals surface area (Å²) in [5.41, 5.74) is 0.518. The first-order valence-corrected chi connectivity index (χ1v) is 6.30. The van der Waals surface area contributed by atoms with Crippen molar-refractivity contribution in [2.24, 2.45) is 0 Å². The summed E-state index contributed by atoms with van der Waals surface area (Å²) in [5.74, 6) is -0.0526. The molecule has 1 heterocycles. The number of rotatable bonds is 2. The lowest BCUT2D eigenvalue weighted by Crippen LogP contribution is -2.44. The average molecular weight is 254 g/mol. The van der Waals surface area contributed by atoms with Crippen LogP contribution in [0.1, 0.15) is 36.0 Å². The molecule has 0 N–H and O–H groups in total. The van der Waals surface area contributed by atoms with Crippen LogP contribution in [0.5, 0.6) is 0 Å². The summed E-state index contributed by atoms with van der Waals surface area (Å²) < 4.78 is 0. The quantitative estimate of drug-likeness (QED) is 0.759. The van der Waals surface area contributed by atoms with Crippen LogP contribution in [0, 0.1) is 0 Å². The van der Waals surface area contributed by atoms with Gasteiger partial charge in [-0.3, -0.25) is 4.79 Å². The normalized spacial score (nSPS) is 24.4. The molecule has 1 aliphatic carbocycles. The van der Waals surface area contributed by atoms with Gasteiger partial charge >= 0.3 is 0 Å². The smallest absolute Gasteiger partial charge is 0.257 e. The van der Waals surface area contributed by atoms with E-state index in [1.54, 1.807) is 11.9 Å². The van der Waals surface area contributed by atoms with Crippen LogP contribution >= 0.6 is 11.6 Å². The summed E-state index contributed by atoms with van der Waals surface area (Å²) in [5, 5.41) is 0.0577. The number of alkyl halides is 1. The number of hydrogen-bond acceptors (Lipinski definition) is 3. The molecule has 1 aromatic rings. The van der Waals surface area contributed by atoms with Crippen LogP contribution in [-0.4, -0.2) is 39.2 Å². The zero-order valence-electron chi connectivity index (χ0n) is 9.84. The van der Waals surface area contributed by atoms with Crippen molar-refractivity contribution in [2.75, 3.05) is 7.05 Å². The summed E-state index contributed by atoms with van der Waals surface area (Å²) in [6.07, 6.45) is 8.74. The lowest BCUT2D eigenvalue weighted by atomic mass is 9.93. The van der Waals surface area contributed by atoms with Gasteiger partial charge < -0.3 is 4.90 Å². The minimum absolute atomic E-state index is 0.0526. The standard InChI is InChI=1S/C12H16ClN3O/c1-16(11-5-3-2-4-10(11)13)12(17)9-6-14-8-15-7-9/h6-8,10-11H,2-5H2,1H3. The van der Waals surface area contributed by atoms with Crippen LogP contribution in [-0.2, 0) is 0 Å². The first-order valence-electron chi connectivity index (χ1n) is 5.86. The van der Waals surface area contributed by atoms with Crippen LogP contribution < -0.4 is 0 Å². The van der Waals surface area contributed by atoms with E-state index >= 15 is 0 Å². The van der Waals surface area contributed by atoms with Crippen molar-refractivity contribution in [3.8, 4) is 0 Å². The lowest BCUT2D eigenvalue weighted by molar-refractivity contribution is 0.0699. The first kappa shape index (κ1) is 12.3. The fourth-order valence-corrected chi connectivity index (χ4v) is 2.72. The maximum absolute atomic E-state index is 12.2. The van der Waals surface area contributed by atoms with Gasteiger partial charge in [0.1, 0.15) is 6.33 Å². The van der Waals surface area contributed by atoms with Gasteiger partial charge in [-0.15, -0.1) is 11.6 Å². The second kappa shape index (κ2) is 5.45. The molecule has 1 saturated carbocycles. The Hall–Kier alpha value is -1.16. The van der Waals surface area contributed by atoms with Crippen molar-refractivity contribution in [2.45, 2.75) is 37.1 Å². The van der Waals surface area contributed by atoms with E-state index in [2.05, 4.69) is 9.97 Å². The summed E-state index contributed by atoms with van der Waals surface area (Å²) >= 11 is 6.28. The zero-order chi connectivity index (χ0) is 12.3. The van der Waals surface area contributed by atoms with Crippen molar-refractivity contribution in [3.05, 3.63) is 24.3 Å². The molecule has 2 rings (SSSR count). The second-order valence-corrected chi connectivity index (χ2v) is 4.97. The summed E-state index contributed by atoms with van der Waals surface area (Å²) in [4.78, 5) is 21.6. The molecular weight excluding hydrogens is 238 g/mol. The highest BCUT2D eigenvalue weighted by Crippen LogP contribution is 2.27. The third-order valence-electron chi connectivity index (χ3n) is 3.27. The number of aromatic nitrogens is 2. The molecule has 0 bridgehead atoms. The predicted octanol–water partition coefficient (Wildman–Crippen LogP) is 2.10. The number of carbonyl (C=O) groups excluding carboxylic acids is 1. The van der Waals surface area contributed by atoms with Gasteiger partial charge in [0, 0.05) is 25.5 Å². The highest BCUT2D eigenvalue weighted by Gasteiger charge is 2.29. The molecular formula is C12H16ClN3O. The van der Waals surface area contributed by atoms with E-state index in [0.717, 1.165) is 25.7 Å². The largest absolute Gasteiger partial charge is 0.337 e. The average Bonchev–Trinajstić information content (AvgIpc) is 2.39. The Morgan fingerprint density at radius 1 is 1.35 bits per heavy atom. The fourth-order valence-electron chi connectivity index (χ4n) is 2.27. The van der Waals surface area contributed by atoms with E-state index in [4.69, 9.17) is 11.6 Å². The molecule has 4 nitrogen and oxygen atoms in total. The highest BCUT2D eigenvalue weighted by molar-refractivity contribution is 6.21. The molecule has 0 radical (unpaired) electrons. The third kappa shape index (κ3) is 2.75. The Bertz CT molecular complexity index is 385. The monoisotopic (exact) mass is 253 g/mol. The third-order valence-corrected chi connectivity index (χ3v) is 3.78. The number of halogens is 1. The van der Waals surface area contributed by atoms with E-state index in [1.807, 2.05) is 0 Å². The Morgan fingerprint density at radius 3 is 2.65 bits per heavy atom. The van der Waals surface area contributed by atoms with Gasteiger partial charge in [0.2, 0.25) is 0 Å². The van der Waals surface area contributed by atoms with E-state index < -0.39 is 0 Å². The molecule has 2 atom stereocenters. The van der Waals surface area contributed by atoms with Gasteiger partial charge in [-0.2, -0.15) is 0 Å². The number of carbonyl (C=O) groups is 1. The molecule has 0 spiro atoms. The fraction of sp³-hybridized carbons (Fsp3) is 0.583. The molecule has 2 unspecified atom stereocenters. The maximum atomic E-state index is 12.2. The van der Waals surface area contributed by atoms with Crippen molar-refractivity contribution in [3.63, 3.8) is 0 Å². The highest BCUT2D eigenvalue weighted by atomic mass is 35.5. The Kier molecular flexibility index (Phi) is 3.94. The van der Waals surface area contributed by atoms with Crippen LogP contribution in [0.4, 0.5) is 0 Å². The second-order valence-electron chi connectivity index (χ2n) is 4.41. The van der Waals surface area contributed by atoms with E-state index in [0.29, 0.717) is 5.56 Å². The number of nitrogens with zero attached hydrogens (tertiary/aromatic N) is 3. The van der Waals surface area contributed by atoms with Crippen molar-refractivity contribution >= 4 is 17.5 Å². The van der Waals surface area contributed by atoms with Gasteiger partial charge in [0.15, 0.2) is 0 Å². The van der Waals surface area contributed by atoms with Crippen LogP contribution in [0.2, 0.25) is 0 Å². The van der Waals surface area contributed by atoms with Crippen molar-refractivity contribution in [1.82, 2.24) is 14.9 Å². The van der Waals surface area contributed by atoms with Gasteiger partial charge in [-0.05, 0) is 12.8 Å². The number of hydrogen-bond donors (Lipinski definition) is 0. The van der Waals surface area contributed by atoms with Gasteiger partial charge in [0.25, 0.3) is 5.91 Å². The van der Waals surface area contributed by atoms with Crippen molar-refractivity contribution < 1.29 is 4.79 Å². The molecule has 0 aliphatic heterocycles. The molecule has 1 aromatic heterocycles. The Balaban J connectivity index is 2.09. The Labute approximate surface area is 106 Å². The molecule has 0 aromatic carbocycles. The summed E-state index contributed by atoms with van der Waals surface area (Å²) in [6.45, 7) is 0. The molecule has 92 valence electrons. The molecule has 1 amide bonds. The van der Waals surface area contributed by atoms with Crippen molar-refractivity contribution in [1.29, 1.82) is 0 Å². The number of amides is 1. The molecule has 17 heavy (non-hydrogen) atoms. The topological polar surface area (TPSA) is 46.1 Å². The SMILES string of the molecule is CN(C(=O)c1cncnc1)C1CCCCC1Cl. The lowest BCUT2D eigenvalue weighted by Gasteiger charge is -2.34. The molecule has 1 aliphatic rings. The minimum Gasteiger partial charge on any atom is -0.337 e. The van der Waals surface area contributed by atoms with Gasteiger partial charge in [0.05, 0.1) is 10.9 Å². The molecule has 0 saturated heterocycles. The first-order chi connectivity index (χ1) is 8.20. The van der Waals surface area contributed by atoms with Gasteiger partial charge in [-0.1, -0.05) is 12.8 Å². The Morgan fingerprint density at radius 2 is 2.00 bits per heavy atom. The van der Waals surface area contributed by atoms with E-state index in [9.17, 15) is 4.79 Å². The van der Waals surface area contributed by atoms with Gasteiger partial charge in [-0.25, -0.2) is 9.97 Å². The minimum atomic E-state index is -0.0526. The van der Waals surface area contributed by atoms with Crippen LogP contribution in [0.3, 0.4) is 0 Å².